The molecule has 1 saturated carbocycles. The Bertz CT molecular complexity index is 667. The molecule has 1 fully saturated rings. The molecule has 1 aromatic heterocycles. The Morgan fingerprint density at radius 2 is 2.05 bits per heavy atom. The smallest absolute Gasteiger partial charge is 0.226 e. The van der Waals surface area contributed by atoms with Crippen molar-refractivity contribution in [3.8, 4) is 0 Å². The van der Waals surface area contributed by atoms with Crippen LogP contribution in [0.1, 0.15) is 42.9 Å². The van der Waals surface area contributed by atoms with E-state index in [-0.39, 0.29) is 0 Å². The van der Waals surface area contributed by atoms with Gasteiger partial charge in [-0.1, -0.05) is 37.1 Å². The number of nitrogens with one attached hydrogen (secondary N) is 1. The van der Waals surface area contributed by atoms with Crippen molar-refractivity contribution in [1.29, 1.82) is 0 Å². The zero-order valence-corrected chi connectivity index (χ0v) is 13.5. The third-order valence-electron chi connectivity index (χ3n) is 4.39. The second-order valence-electron chi connectivity index (χ2n) is 5.92. The summed E-state index contributed by atoms with van der Waals surface area (Å²) in [7, 11) is 2.09. The minimum absolute atomic E-state index is 0.505. The third-order valence-corrected chi connectivity index (χ3v) is 4.67. The van der Waals surface area contributed by atoms with Gasteiger partial charge in [-0.05, 0) is 43.1 Å². The maximum Gasteiger partial charge on any atom is 0.226 e. The number of H-pyrrole nitrogens is 1. The summed E-state index contributed by atoms with van der Waals surface area (Å²) in [5.74, 6) is 0.954. The van der Waals surface area contributed by atoms with Crippen molar-refractivity contribution >= 4 is 18.2 Å². The molecule has 21 heavy (non-hydrogen) atoms. The molecular formula is C16H22N4S. The first-order valence-electron chi connectivity index (χ1n) is 7.59. The number of hydrogen-bond donors (Lipinski definition) is 1. The molecule has 1 aromatic carbocycles. The van der Waals surface area contributed by atoms with Gasteiger partial charge in [0.15, 0.2) is 4.77 Å². The van der Waals surface area contributed by atoms with Crippen molar-refractivity contribution < 1.29 is 0 Å². The van der Waals surface area contributed by atoms with Crippen molar-refractivity contribution in [2.45, 2.75) is 45.2 Å². The van der Waals surface area contributed by atoms with E-state index in [1.807, 2.05) is 0 Å². The molecule has 0 amide bonds. The zero-order valence-electron chi connectivity index (χ0n) is 12.7. The number of aromatic amines is 1. The summed E-state index contributed by atoms with van der Waals surface area (Å²) in [4.78, 5) is 2.19. The number of aromatic nitrogens is 3. The normalized spacial score (nSPS) is 15.5. The molecule has 0 bridgehead atoms. The van der Waals surface area contributed by atoms with Gasteiger partial charge in [0.05, 0.1) is 0 Å². The molecule has 1 aliphatic rings. The van der Waals surface area contributed by atoms with Gasteiger partial charge >= 0.3 is 0 Å². The number of rotatable bonds is 4. The van der Waals surface area contributed by atoms with Gasteiger partial charge in [0.2, 0.25) is 5.95 Å². The fourth-order valence-corrected chi connectivity index (χ4v) is 3.45. The number of anilines is 1. The molecule has 2 aromatic rings. The Hall–Kier alpha value is -1.62. The van der Waals surface area contributed by atoms with Gasteiger partial charge in [0.25, 0.3) is 0 Å². The molecule has 0 radical (unpaired) electrons. The molecule has 1 heterocycles. The Kier molecular flexibility index (Phi) is 4.10. The molecule has 0 spiro atoms. The van der Waals surface area contributed by atoms with Crippen LogP contribution in [0.15, 0.2) is 24.3 Å². The topological polar surface area (TPSA) is 36.9 Å². The lowest BCUT2D eigenvalue weighted by molar-refractivity contribution is 0.509. The SMILES string of the molecule is Cc1ccccc1CN(C)c1n[nH]c(=S)n1C1CCCC1. The van der Waals surface area contributed by atoms with Crippen LogP contribution in [0.2, 0.25) is 0 Å². The van der Waals surface area contributed by atoms with Crippen LogP contribution < -0.4 is 4.90 Å². The highest BCUT2D eigenvalue weighted by molar-refractivity contribution is 7.71. The molecular weight excluding hydrogens is 280 g/mol. The highest BCUT2D eigenvalue weighted by Gasteiger charge is 2.22. The van der Waals surface area contributed by atoms with Crippen molar-refractivity contribution in [2.24, 2.45) is 0 Å². The summed E-state index contributed by atoms with van der Waals surface area (Å²) < 4.78 is 2.95. The van der Waals surface area contributed by atoms with E-state index < -0.39 is 0 Å². The van der Waals surface area contributed by atoms with Gasteiger partial charge in [-0.3, -0.25) is 4.57 Å². The maximum atomic E-state index is 5.44. The largest absolute Gasteiger partial charge is 0.340 e. The maximum absolute atomic E-state index is 5.44. The van der Waals surface area contributed by atoms with E-state index in [9.17, 15) is 0 Å². The van der Waals surface area contributed by atoms with E-state index in [1.54, 1.807) is 0 Å². The summed E-state index contributed by atoms with van der Waals surface area (Å²) in [5, 5.41) is 7.43. The molecule has 0 aliphatic heterocycles. The fourth-order valence-electron chi connectivity index (χ4n) is 3.17. The van der Waals surface area contributed by atoms with Gasteiger partial charge in [0.1, 0.15) is 0 Å². The van der Waals surface area contributed by atoms with Crippen molar-refractivity contribution in [2.75, 3.05) is 11.9 Å². The summed E-state index contributed by atoms with van der Waals surface area (Å²) in [6.45, 7) is 3.00. The highest BCUT2D eigenvalue weighted by Crippen LogP contribution is 2.32. The zero-order chi connectivity index (χ0) is 14.8. The van der Waals surface area contributed by atoms with Crippen LogP contribution in [0.4, 0.5) is 5.95 Å². The van der Waals surface area contributed by atoms with Crippen LogP contribution in [0.5, 0.6) is 0 Å². The Morgan fingerprint density at radius 3 is 2.76 bits per heavy atom. The monoisotopic (exact) mass is 302 g/mol. The van der Waals surface area contributed by atoms with E-state index in [0.717, 1.165) is 17.3 Å². The van der Waals surface area contributed by atoms with Crippen LogP contribution in [0.25, 0.3) is 0 Å². The molecule has 4 nitrogen and oxygen atoms in total. The average Bonchev–Trinajstić information content (AvgIpc) is 3.10. The first-order valence-corrected chi connectivity index (χ1v) is 8.00. The van der Waals surface area contributed by atoms with Crippen LogP contribution in [-0.2, 0) is 6.54 Å². The number of hydrogen-bond acceptors (Lipinski definition) is 3. The van der Waals surface area contributed by atoms with Gasteiger partial charge in [-0.25, -0.2) is 5.10 Å². The third kappa shape index (κ3) is 2.88. The number of benzene rings is 1. The standard InChI is InChI=1S/C16H22N4S/c1-12-7-3-4-8-13(12)11-19(2)15-17-18-16(21)20(15)14-9-5-6-10-14/h3-4,7-8,14H,5-6,9-11H2,1-2H3,(H,18,21). The lowest BCUT2D eigenvalue weighted by Crippen LogP contribution is -2.22. The molecule has 5 heteroatoms. The minimum Gasteiger partial charge on any atom is -0.340 e. The molecule has 0 saturated heterocycles. The lowest BCUT2D eigenvalue weighted by Gasteiger charge is -2.22. The molecule has 0 unspecified atom stereocenters. The summed E-state index contributed by atoms with van der Waals surface area (Å²) >= 11 is 5.44. The van der Waals surface area contributed by atoms with Crippen LogP contribution in [0.3, 0.4) is 0 Å². The predicted octanol–water partition coefficient (Wildman–Crippen LogP) is 4.00. The fraction of sp³-hybridized carbons (Fsp3) is 0.500. The van der Waals surface area contributed by atoms with E-state index in [0.29, 0.717) is 6.04 Å². The van der Waals surface area contributed by atoms with Crippen molar-refractivity contribution in [3.63, 3.8) is 0 Å². The summed E-state index contributed by atoms with van der Waals surface area (Å²) in [6.07, 6.45) is 5.00. The first kappa shape index (κ1) is 14.3. The van der Waals surface area contributed by atoms with Crippen molar-refractivity contribution in [1.82, 2.24) is 14.8 Å². The Morgan fingerprint density at radius 1 is 1.33 bits per heavy atom. The van der Waals surface area contributed by atoms with Crippen molar-refractivity contribution in [3.05, 3.63) is 40.2 Å². The molecule has 0 atom stereocenters. The van der Waals surface area contributed by atoms with Crippen LogP contribution >= 0.6 is 12.2 Å². The molecule has 1 aliphatic carbocycles. The Balaban J connectivity index is 1.86. The Labute approximate surface area is 130 Å². The number of aryl methyl sites for hydroxylation is 1. The second-order valence-corrected chi connectivity index (χ2v) is 6.31. The van der Waals surface area contributed by atoms with Gasteiger partial charge in [-0.2, -0.15) is 0 Å². The predicted molar refractivity (Wildman–Crippen MR) is 88.2 cm³/mol. The highest BCUT2D eigenvalue weighted by atomic mass is 32.1. The van der Waals surface area contributed by atoms with Gasteiger partial charge < -0.3 is 4.90 Å². The minimum atomic E-state index is 0.505. The second kappa shape index (κ2) is 6.02. The van der Waals surface area contributed by atoms with Crippen LogP contribution in [-0.4, -0.2) is 21.8 Å². The number of nitrogens with zero attached hydrogens (tertiary/aromatic N) is 3. The first-order chi connectivity index (χ1) is 10.2. The van der Waals surface area contributed by atoms with Crippen LogP contribution in [0, 0.1) is 11.7 Å². The van der Waals surface area contributed by atoms with E-state index in [2.05, 4.69) is 57.9 Å². The van der Waals surface area contributed by atoms with E-state index in [1.165, 1.54) is 36.8 Å². The molecule has 1 N–H and O–H groups in total. The van der Waals surface area contributed by atoms with E-state index >= 15 is 0 Å². The van der Waals surface area contributed by atoms with E-state index in [4.69, 9.17) is 12.2 Å². The molecule has 112 valence electrons. The summed E-state index contributed by atoms with van der Waals surface area (Å²) in [5.41, 5.74) is 2.64. The summed E-state index contributed by atoms with van der Waals surface area (Å²) in [6, 6.07) is 8.99. The lowest BCUT2D eigenvalue weighted by atomic mass is 10.1. The molecule has 3 rings (SSSR count). The quantitative estimate of drug-likeness (QED) is 0.867. The van der Waals surface area contributed by atoms with Gasteiger partial charge in [0, 0.05) is 19.6 Å². The van der Waals surface area contributed by atoms with Gasteiger partial charge in [-0.15, -0.1) is 5.10 Å². The average molecular weight is 302 g/mol.